The Balaban J connectivity index is 2.43. The van der Waals surface area contributed by atoms with Gasteiger partial charge in [0.1, 0.15) is 11.9 Å². The first-order valence-corrected chi connectivity index (χ1v) is 5.40. The maximum Gasteiger partial charge on any atom is 0.129 e. The molecular weight excluding hydrogens is 238 g/mol. The minimum absolute atomic E-state index is 0.254. The van der Waals surface area contributed by atoms with E-state index in [1.807, 2.05) is 0 Å². The van der Waals surface area contributed by atoms with Crippen LogP contribution in [0.25, 0.3) is 0 Å². The molecule has 4 nitrogen and oxygen atoms in total. The van der Waals surface area contributed by atoms with Crippen LogP contribution in [0.5, 0.6) is 0 Å². The van der Waals surface area contributed by atoms with E-state index in [0.29, 0.717) is 21.8 Å². The van der Waals surface area contributed by atoms with Gasteiger partial charge in [-0.15, -0.1) is 0 Å². The third-order valence-electron chi connectivity index (χ3n) is 2.44. The Morgan fingerprint density at radius 1 is 1.24 bits per heavy atom. The van der Waals surface area contributed by atoms with Gasteiger partial charge >= 0.3 is 0 Å². The van der Waals surface area contributed by atoms with E-state index >= 15 is 0 Å². The van der Waals surface area contributed by atoms with Crippen LogP contribution in [-0.2, 0) is 0 Å². The summed E-state index contributed by atoms with van der Waals surface area (Å²) in [7, 11) is 0. The second-order valence-corrected chi connectivity index (χ2v) is 4.14. The van der Waals surface area contributed by atoms with E-state index in [0.717, 1.165) is 0 Å². The van der Waals surface area contributed by atoms with Crippen LogP contribution in [0.15, 0.2) is 36.5 Å². The van der Waals surface area contributed by atoms with Crippen molar-refractivity contribution < 1.29 is 5.11 Å². The number of aliphatic hydroxyl groups is 1. The Morgan fingerprint density at radius 2 is 2.00 bits per heavy atom. The smallest absolute Gasteiger partial charge is 0.129 e. The lowest BCUT2D eigenvalue weighted by molar-refractivity contribution is 0.221. The van der Waals surface area contributed by atoms with Crippen molar-refractivity contribution >= 4 is 23.1 Å². The van der Waals surface area contributed by atoms with Crippen LogP contribution < -0.4 is 11.5 Å². The third-order valence-corrected chi connectivity index (χ3v) is 2.64. The van der Waals surface area contributed by atoms with Crippen molar-refractivity contribution in [3.63, 3.8) is 0 Å². The number of aromatic nitrogens is 1. The lowest BCUT2D eigenvalue weighted by atomic mass is 10.0. The molecule has 88 valence electrons. The first-order valence-electron chi connectivity index (χ1n) is 5.02. The minimum atomic E-state index is -0.885. The van der Waals surface area contributed by atoms with E-state index in [-0.39, 0.29) is 5.82 Å². The Labute approximate surface area is 104 Å². The average molecular weight is 250 g/mol. The van der Waals surface area contributed by atoms with Crippen molar-refractivity contribution in [1.82, 2.24) is 4.98 Å². The van der Waals surface area contributed by atoms with Gasteiger partial charge in [-0.25, -0.2) is 4.98 Å². The largest absolute Gasteiger partial charge is 0.399 e. The number of anilines is 2. The SMILES string of the molecule is Nc1cccc(C(O)c2cc(Cl)cnc2N)c1. The number of nitrogen functional groups attached to an aromatic ring is 2. The van der Waals surface area contributed by atoms with E-state index in [1.54, 1.807) is 30.3 Å². The average Bonchev–Trinajstić information content (AvgIpc) is 2.31. The molecule has 2 aromatic rings. The van der Waals surface area contributed by atoms with Gasteiger partial charge in [0.15, 0.2) is 0 Å². The summed E-state index contributed by atoms with van der Waals surface area (Å²) in [5.41, 5.74) is 13.1. The highest BCUT2D eigenvalue weighted by molar-refractivity contribution is 6.30. The van der Waals surface area contributed by atoms with E-state index < -0.39 is 6.10 Å². The number of rotatable bonds is 2. The van der Waals surface area contributed by atoms with Crippen molar-refractivity contribution in [2.24, 2.45) is 0 Å². The summed E-state index contributed by atoms with van der Waals surface area (Å²) in [4.78, 5) is 3.90. The molecule has 0 fully saturated rings. The maximum absolute atomic E-state index is 10.2. The van der Waals surface area contributed by atoms with Crippen LogP contribution >= 0.6 is 11.6 Å². The minimum Gasteiger partial charge on any atom is -0.399 e. The molecule has 0 aliphatic heterocycles. The van der Waals surface area contributed by atoms with Gasteiger partial charge in [-0.3, -0.25) is 0 Å². The fraction of sp³-hybridized carbons (Fsp3) is 0.0833. The molecule has 0 bridgehead atoms. The number of benzene rings is 1. The van der Waals surface area contributed by atoms with Gasteiger partial charge in [0.2, 0.25) is 0 Å². The number of hydrogen-bond donors (Lipinski definition) is 3. The highest BCUT2D eigenvalue weighted by Gasteiger charge is 2.15. The summed E-state index contributed by atoms with van der Waals surface area (Å²) in [6, 6.07) is 8.56. The molecule has 0 aliphatic rings. The maximum atomic E-state index is 10.2. The lowest BCUT2D eigenvalue weighted by Crippen LogP contribution is -2.05. The van der Waals surface area contributed by atoms with Gasteiger partial charge in [0, 0.05) is 17.4 Å². The quantitative estimate of drug-likeness (QED) is 0.711. The second-order valence-electron chi connectivity index (χ2n) is 3.70. The van der Waals surface area contributed by atoms with Crippen molar-refractivity contribution in [2.45, 2.75) is 6.10 Å². The molecule has 1 unspecified atom stereocenters. The summed E-state index contributed by atoms with van der Waals surface area (Å²) in [6.45, 7) is 0. The first kappa shape index (κ1) is 11.7. The van der Waals surface area contributed by atoms with Crippen molar-refractivity contribution in [3.05, 3.63) is 52.7 Å². The standard InChI is InChI=1S/C12H12ClN3O/c13-8-5-10(12(15)16-6-8)11(17)7-2-1-3-9(14)4-7/h1-6,11,17H,14H2,(H2,15,16). The molecule has 0 saturated heterocycles. The zero-order chi connectivity index (χ0) is 12.4. The van der Waals surface area contributed by atoms with E-state index in [9.17, 15) is 5.11 Å². The zero-order valence-electron chi connectivity index (χ0n) is 8.97. The lowest BCUT2D eigenvalue weighted by Gasteiger charge is -2.13. The summed E-state index contributed by atoms with van der Waals surface area (Å²) in [6.07, 6.45) is 0.552. The Kier molecular flexibility index (Phi) is 3.17. The van der Waals surface area contributed by atoms with Crippen LogP contribution in [0.1, 0.15) is 17.2 Å². The van der Waals surface area contributed by atoms with Crippen LogP contribution in [-0.4, -0.2) is 10.1 Å². The summed E-state index contributed by atoms with van der Waals surface area (Å²) in [5.74, 6) is 0.254. The van der Waals surface area contributed by atoms with Gasteiger partial charge in [0.25, 0.3) is 0 Å². The monoisotopic (exact) mass is 249 g/mol. The highest BCUT2D eigenvalue weighted by atomic mass is 35.5. The van der Waals surface area contributed by atoms with Crippen LogP contribution in [0.4, 0.5) is 11.5 Å². The molecular formula is C12H12ClN3O. The number of halogens is 1. The number of nitrogens with zero attached hydrogens (tertiary/aromatic N) is 1. The van der Waals surface area contributed by atoms with Crippen LogP contribution in [0.3, 0.4) is 0 Å². The van der Waals surface area contributed by atoms with Gasteiger partial charge in [-0.1, -0.05) is 23.7 Å². The fourth-order valence-corrected chi connectivity index (χ4v) is 1.76. The van der Waals surface area contributed by atoms with Gasteiger partial charge in [-0.05, 0) is 23.8 Å². The summed E-state index contributed by atoms with van der Waals surface area (Å²) in [5, 5.41) is 10.6. The molecule has 17 heavy (non-hydrogen) atoms. The van der Waals surface area contributed by atoms with E-state index in [4.69, 9.17) is 23.1 Å². The molecule has 0 radical (unpaired) electrons. The normalized spacial score (nSPS) is 12.4. The Hall–Kier alpha value is -1.78. The number of hydrogen-bond acceptors (Lipinski definition) is 4. The molecule has 1 heterocycles. The van der Waals surface area contributed by atoms with Gasteiger partial charge < -0.3 is 16.6 Å². The molecule has 1 aromatic heterocycles. The molecule has 1 atom stereocenters. The van der Waals surface area contributed by atoms with Crippen molar-refractivity contribution in [3.8, 4) is 0 Å². The molecule has 0 aliphatic carbocycles. The zero-order valence-corrected chi connectivity index (χ0v) is 9.72. The Morgan fingerprint density at radius 3 is 2.71 bits per heavy atom. The summed E-state index contributed by atoms with van der Waals surface area (Å²) < 4.78 is 0. The second kappa shape index (κ2) is 4.61. The molecule has 5 heteroatoms. The Bertz CT molecular complexity index is 545. The number of pyridine rings is 1. The third kappa shape index (κ3) is 2.49. The topological polar surface area (TPSA) is 85.2 Å². The predicted molar refractivity (Wildman–Crippen MR) is 68.6 cm³/mol. The molecule has 0 saturated carbocycles. The highest BCUT2D eigenvalue weighted by Crippen LogP contribution is 2.28. The van der Waals surface area contributed by atoms with Crippen LogP contribution in [0.2, 0.25) is 5.02 Å². The van der Waals surface area contributed by atoms with E-state index in [2.05, 4.69) is 4.98 Å². The molecule has 0 spiro atoms. The van der Waals surface area contributed by atoms with Crippen molar-refractivity contribution in [2.75, 3.05) is 11.5 Å². The molecule has 2 rings (SSSR count). The summed E-state index contributed by atoms with van der Waals surface area (Å²) >= 11 is 5.83. The fourth-order valence-electron chi connectivity index (χ4n) is 1.59. The van der Waals surface area contributed by atoms with Gasteiger partial charge in [-0.2, -0.15) is 0 Å². The molecule has 5 N–H and O–H groups in total. The predicted octanol–water partition coefficient (Wildman–Crippen LogP) is 1.98. The van der Waals surface area contributed by atoms with Crippen LogP contribution in [0, 0.1) is 0 Å². The molecule has 0 amide bonds. The first-order chi connectivity index (χ1) is 8.08. The number of aliphatic hydroxyl groups excluding tert-OH is 1. The van der Waals surface area contributed by atoms with E-state index in [1.165, 1.54) is 6.20 Å². The van der Waals surface area contributed by atoms with Crippen molar-refractivity contribution in [1.29, 1.82) is 0 Å². The number of nitrogens with two attached hydrogens (primary N) is 2. The van der Waals surface area contributed by atoms with Gasteiger partial charge in [0.05, 0.1) is 5.02 Å². The molecule has 1 aromatic carbocycles.